The van der Waals surface area contributed by atoms with Crippen molar-refractivity contribution in [2.45, 2.75) is 31.1 Å². The van der Waals surface area contributed by atoms with Crippen molar-refractivity contribution in [3.05, 3.63) is 64.2 Å². The number of nitrogens with two attached hydrogens (primary N) is 1. The molecule has 3 aromatic rings. The molecule has 3 heterocycles. The Balaban J connectivity index is 1.31. The molecule has 0 radical (unpaired) electrons. The highest BCUT2D eigenvalue weighted by molar-refractivity contribution is 7.48. The van der Waals surface area contributed by atoms with E-state index in [0.717, 1.165) is 12.1 Å². The van der Waals surface area contributed by atoms with Crippen LogP contribution in [0.4, 0.5) is 14.7 Å². The number of H-pyrrole nitrogens is 1. The fourth-order valence-electron chi connectivity index (χ4n) is 4.44. The van der Waals surface area contributed by atoms with E-state index in [0.29, 0.717) is 5.57 Å². The summed E-state index contributed by atoms with van der Waals surface area (Å²) in [4.78, 5) is 22.7. The lowest BCUT2D eigenvalue weighted by Crippen LogP contribution is -2.22. The maximum atomic E-state index is 14.2. The number of aromatic nitrogens is 4. The topological polar surface area (TPSA) is 155 Å². The minimum Gasteiger partial charge on any atom is -0.392 e. The second-order valence-corrected chi connectivity index (χ2v) is 10.0. The molecule has 1 aliphatic carbocycles. The normalized spacial score (nSPS) is 29.2. The van der Waals surface area contributed by atoms with E-state index < -0.39 is 49.2 Å². The van der Waals surface area contributed by atoms with Gasteiger partial charge in [-0.2, -0.15) is 4.98 Å². The quantitative estimate of drug-likeness (QED) is 0.348. The number of aromatic amines is 1. The van der Waals surface area contributed by atoms with Crippen LogP contribution in [0.1, 0.15) is 30.6 Å². The Hall–Kier alpha value is -2.96. The predicted octanol–water partition coefficient (Wildman–Crippen LogP) is 2.76. The molecule has 2 aromatic heterocycles. The molecule has 1 saturated carbocycles. The van der Waals surface area contributed by atoms with Gasteiger partial charge in [0.1, 0.15) is 11.6 Å². The summed E-state index contributed by atoms with van der Waals surface area (Å²) in [5, 5.41) is 10.7. The first-order valence-electron chi connectivity index (χ1n) is 10.8. The SMILES string of the molecule is C=C1[C@H](COP2(=O)OCC[C@H](c3ccc(F)cc3F)O2)[C@@H](O)C[C@@H]1n1cnc2c(=O)[nH]c(N)nc21. The average molecular weight is 509 g/mol. The van der Waals surface area contributed by atoms with Crippen LogP contribution in [0.5, 0.6) is 0 Å². The molecular formula is C21H22F2N5O6P. The Morgan fingerprint density at radius 1 is 1.40 bits per heavy atom. The van der Waals surface area contributed by atoms with E-state index >= 15 is 0 Å². The number of phosphoric acid groups is 1. The average Bonchev–Trinajstić information content (AvgIpc) is 3.32. The van der Waals surface area contributed by atoms with Crippen LogP contribution in [0.2, 0.25) is 0 Å². The number of benzene rings is 1. The molecule has 0 spiro atoms. The number of phosphoric ester groups is 1. The van der Waals surface area contributed by atoms with Crippen LogP contribution in [-0.4, -0.2) is 43.9 Å². The lowest BCUT2D eigenvalue weighted by molar-refractivity contribution is 0.0155. The van der Waals surface area contributed by atoms with Gasteiger partial charge in [0.05, 0.1) is 37.8 Å². The Labute approximate surface area is 197 Å². The van der Waals surface area contributed by atoms with Crippen molar-refractivity contribution in [1.29, 1.82) is 0 Å². The second kappa shape index (κ2) is 8.92. The minimum absolute atomic E-state index is 0.0295. The van der Waals surface area contributed by atoms with Gasteiger partial charge in [-0.3, -0.25) is 23.3 Å². The molecule has 1 saturated heterocycles. The molecule has 5 atom stereocenters. The molecule has 1 aliphatic heterocycles. The highest BCUT2D eigenvalue weighted by atomic mass is 31.2. The summed E-state index contributed by atoms with van der Waals surface area (Å²) in [5.74, 6) is -2.30. The van der Waals surface area contributed by atoms with Crippen LogP contribution in [0, 0.1) is 17.6 Å². The summed E-state index contributed by atoms with van der Waals surface area (Å²) in [5.41, 5.74) is 6.06. The highest BCUT2D eigenvalue weighted by Crippen LogP contribution is 2.58. The number of rotatable bonds is 5. The van der Waals surface area contributed by atoms with Crippen LogP contribution in [-0.2, 0) is 18.1 Å². The second-order valence-electron chi connectivity index (χ2n) is 8.40. The third-order valence-electron chi connectivity index (χ3n) is 6.23. The Morgan fingerprint density at radius 3 is 2.97 bits per heavy atom. The summed E-state index contributed by atoms with van der Waals surface area (Å²) in [6, 6.07) is 2.54. The number of hydrogen-bond donors (Lipinski definition) is 3. The van der Waals surface area contributed by atoms with Gasteiger partial charge in [-0.05, 0) is 18.1 Å². The van der Waals surface area contributed by atoms with Crippen molar-refractivity contribution in [2.75, 3.05) is 18.9 Å². The van der Waals surface area contributed by atoms with Gasteiger partial charge < -0.3 is 15.4 Å². The number of nitrogens with zero attached hydrogens (tertiary/aromatic N) is 3. The zero-order valence-corrected chi connectivity index (χ0v) is 19.2. The monoisotopic (exact) mass is 509 g/mol. The van der Waals surface area contributed by atoms with Gasteiger partial charge in [-0.1, -0.05) is 12.6 Å². The third-order valence-corrected chi connectivity index (χ3v) is 7.70. The number of aliphatic hydroxyl groups excluding tert-OH is 1. The molecule has 1 aromatic carbocycles. The van der Waals surface area contributed by atoms with Crippen molar-refractivity contribution in [1.82, 2.24) is 19.5 Å². The molecule has 0 bridgehead atoms. The van der Waals surface area contributed by atoms with E-state index in [1.54, 1.807) is 4.57 Å². The Bertz CT molecular complexity index is 1410. The number of nitrogens with one attached hydrogen (secondary N) is 1. The van der Waals surface area contributed by atoms with Crippen molar-refractivity contribution >= 4 is 24.9 Å². The standard InChI is InChI=1S/C21H22F2N5O6P/c1-10-13(16(29)7-15(10)28-9-25-18-19(28)26-21(24)27-20(18)30)8-33-35(31)32-5-4-17(34-35)12-3-2-11(22)6-14(12)23/h2-3,6,9,13,15-17,29H,1,4-5,7-8H2,(H3,24,26,27,30)/t13-,15-,16-,17+,35?/m0/s1. The molecule has 186 valence electrons. The summed E-state index contributed by atoms with van der Waals surface area (Å²) in [7, 11) is -4.11. The highest BCUT2D eigenvalue weighted by Gasteiger charge is 2.42. The van der Waals surface area contributed by atoms with Gasteiger partial charge in [-0.25, -0.2) is 18.3 Å². The van der Waals surface area contributed by atoms with Gasteiger partial charge in [0.25, 0.3) is 5.56 Å². The van der Waals surface area contributed by atoms with Crippen molar-refractivity contribution in [2.24, 2.45) is 5.92 Å². The number of halogens is 2. The van der Waals surface area contributed by atoms with E-state index in [9.17, 15) is 23.2 Å². The molecule has 0 amide bonds. The first-order valence-corrected chi connectivity index (χ1v) is 12.2. The van der Waals surface area contributed by atoms with E-state index in [-0.39, 0.29) is 48.7 Å². The summed E-state index contributed by atoms with van der Waals surface area (Å²) < 4.78 is 58.2. The molecule has 4 N–H and O–H groups in total. The molecule has 5 rings (SSSR count). The molecule has 35 heavy (non-hydrogen) atoms. The minimum atomic E-state index is -4.11. The van der Waals surface area contributed by atoms with Gasteiger partial charge >= 0.3 is 7.82 Å². The maximum absolute atomic E-state index is 14.2. The van der Waals surface area contributed by atoms with Crippen molar-refractivity contribution in [3.8, 4) is 0 Å². The molecule has 2 aliphatic rings. The third kappa shape index (κ3) is 4.41. The van der Waals surface area contributed by atoms with Crippen LogP contribution >= 0.6 is 7.82 Å². The summed E-state index contributed by atoms with van der Waals surface area (Å²) >= 11 is 0. The van der Waals surface area contributed by atoms with Gasteiger partial charge in [0, 0.05) is 24.0 Å². The van der Waals surface area contributed by atoms with Crippen LogP contribution in [0.25, 0.3) is 11.2 Å². The van der Waals surface area contributed by atoms with E-state index in [1.807, 2.05) is 0 Å². The number of hydrogen-bond acceptors (Lipinski definition) is 9. The Morgan fingerprint density at radius 2 is 2.20 bits per heavy atom. The number of fused-ring (bicyclic) bond motifs is 1. The van der Waals surface area contributed by atoms with E-state index in [4.69, 9.17) is 19.3 Å². The predicted molar refractivity (Wildman–Crippen MR) is 119 cm³/mol. The molecule has 14 heteroatoms. The van der Waals surface area contributed by atoms with Gasteiger partial charge in [0.2, 0.25) is 5.95 Å². The van der Waals surface area contributed by atoms with E-state index in [2.05, 4.69) is 21.5 Å². The summed E-state index contributed by atoms with van der Waals surface area (Å²) in [6.07, 6.45) is -0.0605. The smallest absolute Gasteiger partial charge is 0.392 e. The first kappa shape index (κ1) is 23.8. The van der Waals surface area contributed by atoms with Crippen LogP contribution in [0.3, 0.4) is 0 Å². The molecular weight excluding hydrogens is 487 g/mol. The zero-order chi connectivity index (χ0) is 24.9. The van der Waals surface area contributed by atoms with Gasteiger partial charge in [-0.15, -0.1) is 0 Å². The number of imidazole rings is 1. The number of nitrogen functional groups attached to an aromatic ring is 1. The van der Waals surface area contributed by atoms with Crippen molar-refractivity contribution < 1.29 is 32.0 Å². The maximum Gasteiger partial charge on any atom is 0.475 e. The largest absolute Gasteiger partial charge is 0.475 e. The van der Waals surface area contributed by atoms with Gasteiger partial charge in [0.15, 0.2) is 11.2 Å². The van der Waals surface area contributed by atoms with Crippen molar-refractivity contribution in [3.63, 3.8) is 0 Å². The fraction of sp³-hybridized carbons (Fsp3) is 0.381. The number of aliphatic hydroxyl groups is 1. The first-order chi connectivity index (χ1) is 16.6. The van der Waals surface area contributed by atoms with Crippen LogP contribution < -0.4 is 11.3 Å². The number of anilines is 1. The molecule has 2 fully saturated rings. The molecule has 1 unspecified atom stereocenters. The Kier molecular flexibility index (Phi) is 6.06. The summed E-state index contributed by atoms with van der Waals surface area (Å²) in [6.45, 7) is 3.77. The molecule has 11 nitrogen and oxygen atoms in total. The zero-order valence-electron chi connectivity index (χ0n) is 18.3. The lowest BCUT2D eigenvalue weighted by atomic mass is 10.0. The fourth-order valence-corrected chi connectivity index (χ4v) is 5.84. The van der Waals surface area contributed by atoms with E-state index in [1.165, 1.54) is 12.4 Å². The van der Waals surface area contributed by atoms with Crippen LogP contribution in [0.15, 0.2) is 41.5 Å². The lowest BCUT2D eigenvalue weighted by Gasteiger charge is -2.30.